The van der Waals surface area contributed by atoms with E-state index in [4.69, 9.17) is 4.74 Å². The summed E-state index contributed by atoms with van der Waals surface area (Å²) in [7, 11) is 1.54. The third-order valence-electron chi connectivity index (χ3n) is 3.55. The molecule has 0 aliphatic rings. The van der Waals surface area contributed by atoms with E-state index in [1.807, 2.05) is 6.07 Å². The van der Waals surface area contributed by atoms with Crippen LogP contribution in [0.2, 0.25) is 0 Å². The highest BCUT2D eigenvalue weighted by Gasteiger charge is 2.15. The summed E-state index contributed by atoms with van der Waals surface area (Å²) >= 11 is 0. The van der Waals surface area contributed by atoms with Crippen molar-refractivity contribution in [2.24, 2.45) is 0 Å². The summed E-state index contributed by atoms with van der Waals surface area (Å²) in [5.74, 6) is -0.437. The molecule has 0 bridgehead atoms. The quantitative estimate of drug-likeness (QED) is 0.706. The molecule has 0 atom stereocenters. The van der Waals surface area contributed by atoms with Gasteiger partial charge in [-0.3, -0.25) is 4.68 Å². The van der Waals surface area contributed by atoms with Crippen LogP contribution >= 0.6 is 0 Å². The smallest absolute Gasteiger partial charge is 0.266 e. The second kappa shape index (κ2) is 6.74. The number of alkyl halides is 2. The van der Waals surface area contributed by atoms with E-state index in [-0.39, 0.29) is 0 Å². The Kier molecular flexibility index (Phi) is 4.50. The van der Waals surface area contributed by atoms with Crippen LogP contribution in [0.1, 0.15) is 17.6 Å². The summed E-state index contributed by atoms with van der Waals surface area (Å²) in [5.41, 5.74) is 1.17. The lowest BCUT2D eigenvalue weighted by Crippen LogP contribution is -2.03. The molecule has 0 aliphatic carbocycles. The fourth-order valence-corrected chi connectivity index (χ4v) is 2.37. The Hall–Kier alpha value is -2.83. The maximum Gasteiger partial charge on any atom is 0.266 e. The number of methoxy groups -OCH3 is 1. The van der Waals surface area contributed by atoms with E-state index in [0.29, 0.717) is 23.7 Å². The molecular weight excluding hydrogens is 319 g/mol. The number of benzene rings is 1. The van der Waals surface area contributed by atoms with Crippen molar-refractivity contribution in [3.8, 4) is 17.1 Å². The third-order valence-corrected chi connectivity index (χ3v) is 3.55. The predicted octanol–water partition coefficient (Wildman–Crippen LogP) is 4.08. The van der Waals surface area contributed by atoms with E-state index in [1.54, 1.807) is 29.2 Å². The highest BCUT2D eigenvalue weighted by Crippen LogP contribution is 2.26. The molecule has 2 heterocycles. The summed E-state index contributed by atoms with van der Waals surface area (Å²) in [6.45, 7) is 0.425. The highest BCUT2D eigenvalue weighted by atomic mass is 19.3. The number of aromatic nitrogens is 3. The van der Waals surface area contributed by atoms with Gasteiger partial charge in [0.2, 0.25) is 5.88 Å². The van der Waals surface area contributed by atoms with E-state index in [0.717, 1.165) is 17.7 Å². The molecule has 4 nitrogen and oxygen atoms in total. The Morgan fingerprint density at radius 3 is 2.75 bits per heavy atom. The fourth-order valence-electron chi connectivity index (χ4n) is 2.37. The topological polar surface area (TPSA) is 39.9 Å². The second-order valence-corrected chi connectivity index (χ2v) is 5.11. The molecule has 2 aromatic heterocycles. The Bertz CT molecular complexity index is 849. The molecule has 0 spiro atoms. The highest BCUT2D eigenvalue weighted by molar-refractivity contribution is 5.59. The van der Waals surface area contributed by atoms with E-state index in [1.165, 1.54) is 13.2 Å². The zero-order chi connectivity index (χ0) is 17.1. The zero-order valence-electron chi connectivity index (χ0n) is 12.8. The van der Waals surface area contributed by atoms with Crippen LogP contribution in [0, 0.1) is 5.82 Å². The largest absolute Gasteiger partial charge is 0.481 e. The average molecular weight is 333 g/mol. The van der Waals surface area contributed by atoms with Crippen molar-refractivity contribution in [2.45, 2.75) is 13.0 Å². The third kappa shape index (κ3) is 3.24. The Balaban J connectivity index is 1.84. The van der Waals surface area contributed by atoms with Gasteiger partial charge in [-0.25, -0.2) is 18.2 Å². The van der Waals surface area contributed by atoms with Gasteiger partial charge in [-0.2, -0.15) is 5.10 Å². The van der Waals surface area contributed by atoms with E-state index in [9.17, 15) is 13.2 Å². The molecule has 0 saturated heterocycles. The van der Waals surface area contributed by atoms with Gasteiger partial charge in [0.15, 0.2) is 0 Å². The van der Waals surface area contributed by atoms with Crippen LogP contribution in [-0.4, -0.2) is 21.9 Å². The first-order valence-electron chi connectivity index (χ1n) is 7.18. The Labute approximate surface area is 136 Å². The minimum Gasteiger partial charge on any atom is -0.481 e. The minimum atomic E-state index is -2.84. The van der Waals surface area contributed by atoms with Crippen molar-refractivity contribution in [1.29, 1.82) is 0 Å². The molecule has 24 heavy (non-hydrogen) atoms. The lowest BCUT2D eigenvalue weighted by molar-refractivity contribution is 0.146. The van der Waals surface area contributed by atoms with Gasteiger partial charge in [-0.15, -0.1) is 0 Å². The molecule has 0 fully saturated rings. The first-order valence-corrected chi connectivity index (χ1v) is 7.18. The van der Waals surface area contributed by atoms with Gasteiger partial charge < -0.3 is 4.74 Å². The minimum absolute atomic E-state index is 0.425. The van der Waals surface area contributed by atoms with Gasteiger partial charge in [0.25, 0.3) is 6.43 Å². The number of pyridine rings is 1. The van der Waals surface area contributed by atoms with Gasteiger partial charge in [-0.1, -0.05) is 12.1 Å². The maximum absolute atomic E-state index is 13.7. The summed E-state index contributed by atoms with van der Waals surface area (Å²) in [6, 6.07) is 8.93. The maximum atomic E-state index is 13.7. The van der Waals surface area contributed by atoms with Crippen LogP contribution in [0.3, 0.4) is 0 Å². The van der Waals surface area contributed by atoms with Crippen LogP contribution in [0.4, 0.5) is 13.2 Å². The fraction of sp³-hybridized carbons (Fsp3) is 0.176. The predicted molar refractivity (Wildman–Crippen MR) is 82.5 cm³/mol. The molecule has 0 amide bonds. The normalized spacial score (nSPS) is 11.0. The summed E-state index contributed by atoms with van der Waals surface area (Å²) < 4.78 is 45.7. The van der Waals surface area contributed by atoms with E-state index in [2.05, 4.69) is 10.1 Å². The van der Waals surface area contributed by atoms with Gasteiger partial charge >= 0.3 is 0 Å². The van der Waals surface area contributed by atoms with Crippen LogP contribution in [0.5, 0.6) is 5.88 Å². The first kappa shape index (κ1) is 16.0. The molecule has 1 aromatic carbocycles. The SMILES string of the molecule is COc1ncccc1Cn1ccc(-c2ccc(C(F)F)c(F)c2)n1. The number of nitrogens with zero attached hydrogens (tertiary/aromatic N) is 3. The molecule has 3 rings (SSSR count). The van der Waals surface area contributed by atoms with Gasteiger partial charge in [0.05, 0.1) is 24.9 Å². The van der Waals surface area contributed by atoms with Gasteiger partial charge in [-0.05, 0) is 24.3 Å². The van der Waals surface area contributed by atoms with Crippen molar-refractivity contribution in [1.82, 2.24) is 14.8 Å². The Morgan fingerprint density at radius 1 is 1.21 bits per heavy atom. The molecule has 0 aliphatic heterocycles. The Morgan fingerprint density at radius 2 is 2.04 bits per heavy atom. The average Bonchev–Trinajstić information content (AvgIpc) is 3.03. The van der Waals surface area contributed by atoms with Crippen LogP contribution in [0.25, 0.3) is 11.3 Å². The number of halogens is 3. The number of hydrogen-bond donors (Lipinski definition) is 0. The molecule has 0 saturated carbocycles. The van der Waals surface area contributed by atoms with Crippen molar-refractivity contribution in [2.75, 3.05) is 7.11 Å². The zero-order valence-corrected chi connectivity index (χ0v) is 12.8. The van der Waals surface area contributed by atoms with E-state index >= 15 is 0 Å². The molecular formula is C17H14F3N3O. The lowest BCUT2D eigenvalue weighted by Gasteiger charge is -2.07. The molecule has 0 radical (unpaired) electrons. The standard InChI is InChI=1S/C17H14F3N3O/c1-24-17-12(3-2-7-21-17)10-23-8-6-15(22-23)11-4-5-13(16(19)20)14(18)9-11/h2-9,16H,10H2,1H3. The monoisotopic (exact) mass is 333 g/mol. The molecule has 7 heteroatoms. The molecule has 124 valence electrons. The lowest BCUT2D eigenvalue weighted by atomic mass is 10.1. The summed E-state index contributed by atoms with van der Waals surface area (Å²) in [4.78, 5) is 4.11. The molecule has 0 unspecified atom stereocenters. The second-order valence-electron chi connectivity index (χ2n) is 5.11. The van der Waals surface area contributed by atoms with Crippen LogP contribution in [0.15, 0.2) is 48.8 Å². The van der Waals surface area contributed by atoms with Crippen LogP contribution in [-0.2, 0) is 6.54 Å². The number of hydrogen-bond acceptors (Lipinski definition) is 3. The van der Waals surface area contributed by atoms with Crippen LogP contribution < -0.4 is 4.74 Å². The van der Waals surface area contributed by atoms with E-state index < -0.39 is 17.8 Å². The number of rotatable bonds is 5. The summed E-state index contributed by atoms with van der Waals surface area (Å²) in [5, 5.41) is 4.35. The van der Waals surface area contributed by atoms with Gasteiger partial charge in [0, 0.05) is 23.5 Å². The molecule has 0 N–H and O–H groups in total. The van der Waals surface area contributed by atoms with Gasteiger partial charge in [0.1, 0.15) is 5.82 Å². The van der Waals surface area contributed by atoms with Crippen molar-refractivity contribution in [3.05, 3.63) is 65.7 Å². The first-order chi connectivity index (χ1) is 11.6. The molecule has 3 aromatic rings. The van der Waals surface area contributed by atoms with Crippen molar-refractivity contribution >= 4 is 0 Å². The summed E-state index contributed by atoms with van der Waals surface area (Å²) in [6.07, 6.45) is 0.514. The van der Waals surface area contributed by atoms with Crippen molar-refractivity contribution < 1.29 is 17.9 Å². The van der Waals surface area contributed by atoms with Crippen molar-refractivity contribution in [3.63, 3.8) is 0 Å². The number of ether oxygens (including phenoxy) is 1.